The number of carbonyl (C=O) groups excluding carboxylic acids is 1. The van der Waals surface area contributed by atoms with Crippen LogP contribution in [0.3, 0.4) is 0 Å². The zero-order chi connectivity index (χ0) is 15.1. The van der Waals surface area contributed by atoms with Crippen LogP contribution in [0.2, 0.25) is 5.15 Å². The number of nitro groups is 1. The smallest absolute Gasteiger partial charge is 0.288 e. The number of pyridine rings is 1. The van der Waals surface area contributed by atoms with E-state index in [4.69, 9.17) is 17.3 Å². The molecule has 21 heavy (non-hydrogen) atoms. The Hall–Kier alpha value is -1.73. The third kappa shape index (κ3) is 2.47. The molecule has 7 nitrogen and oxygen atoms in total. The van der Waals surface area contributed by atoms with Gasteiger partial charge in [0.15, 0.2) is 0 Å². The molecule has 2 saturated heterocycles. The van der Waals surface area contributed by atoms with Crippen LogP contribution in [-0.4, -0.2) is 38.8 Å². The SMILES string of the molecule is NC1CC2CCC(C1)N2C(=O)c1cc([N+](=O)[O-])cnc1Cl. The molecule has 2 atom stereocenters. The standard InChI is InChI=1S/C13H15ClN4O3/c14-12-11(5-10(6-16-12)18(20)21)13(19)17-8-1-2-9(17)4-7(15)3-8/h5-9H,1-4,15H2. The van der Waals surface area contributed by atoms with Gasteiger partial charge in [0.05, 0.1) is 10.5 Å². The lowest BCUT2D eigenvalue weighted by Crippen LogP contribution is -2.50. The number of hydrogen-bond acceptors (Lipinski definition) is 5. The number of nitrogens with two attached hydrogens (primary N) is 1. The summed E-state index contributed by atoms with van der Waals surface area (Å²) in [5.41, 5.74) is 5.85. The number of carbonyl (C=O) groups is 1. The van der Waals surface area contributed by atoms with Crippen molar-refractivity contribution in [1.82, 2.24) is 9.88 Å². The van der Waals surface area contributed by atoms with E-state index < -0.39 is 4.92 Å². The third-order valence-electron chi connectivity index (χ3n) is 4.27. The van der Waals surface area contributed by atoms with Gasteiger partial charge in [0.1, 0.15) is 11.3 Å². The van der Waals surface area contributed by atoms with Gasteiger partial charge in [-0.25, -0.2) is 4.98 Å². The Bertz CT molecular complexity index is 595. The van der Waals surface area contributed by atoms with E-state index in [9.17, 15) is 14.9 Å². The number of amides is 1. The van der Waals surface area contributed by atoms with Crippen LogP contribution < -0.4 is 5.73 Å². The number of nitrogens with zero attached hydrogens (tertiary/aromatic N) is 3. The molecule has 2 bridgehead atoms. The average Bonchev–Trinajstić information content (AvgIpc) is 2.70. The summed E-state index contributed by atoms with van der Waals surface area (Å²) in [5.74, 6) is -0.282. The van der Waals surface area contributed by atoms with Crippen molar-refractivity contribution in [3.05, 3.63) is 33.1 Å². The second kappa shape index (κ2) is 5.23. The van der Waals surface area contributed by atoms with E-state index in [1.165, 1.54) is 6.07 Å². The molecular formula is C13H15ClN4O3. The molecule has 8 heteroatoms. The minimum atomic E-state index is -0.583. The first-order valence-electron chi connectivity index (χ1n) is 6.85. The molecule has 0 saturated carbocycles. The van der Waals surface area contributed by atoms with Gasteiger partial charge < -0.3 is 10.6 Å². The van der Waals surface area contributed by atoms with E-state index in [0.717, 1.165) is 31.9 Å². The van der Waals surface area contributed by atoms with Crippen LogP contribution in [0, 0.1) is 10.1 Å². The predicted molar refractivity (Wildman–Crippen MR) is 76.1 cm³/mol. The van der Waals surface area contributed by atoms with Crippen molar-refractivity contribution in [1.29, 1.82) is 0 Å². The number of fused-ring (bicyclic) bond motifs is 2. The largest absolute Gasteiger partial charge is 0.332 e. The Balaban J connectivity index is 1.92. The fourth-order valence-corrected chi connectivity index (χ4v) is 3.56. The molecule has 2 N–H and O–H groups in total. The first-order valence-corrected chi connectivity index (χ1v) is 7.23. The molecule has 0 aromatic carbocycles. The van der Waals surface area contributed by atoms with Crippen molar-refractivity contribution in [3.63, 3.8) is 0 Å². The van der Waals surface area contributed by atoms with Crippen LogP contribution >= 0.6 is 11.6 Å². The Kier molecular flexibility index (Phi) is 3.54. The van der Waals surface area contributed by atoms with Gasteiger partial charge in [0.25, 0.3) is 11.6 Å². The topological polar surface area (TPSA) is 102 Å². The van der Waals surface area contributed by atoms with Gasteiger partial charge in [-0.05, 0) is 25.7 Å². The van der Waals surface area contributed by atoms with Crippen LogP contribution in [0.25, 0.3) is 0 Å². The first kappa shape index (κ1) is 14.2. The van der Waals surface area contributed by atoms with E-state index in [1.807, 2.05) is 0 Å². The Morgan fingerprint density at radius 3 is 2.62 bits per heavy atom. The van der Waals surface area contributed by atoms with E-state index >= 15 is 0 Å². The maximum absolute atomic E-state index is 12.7. The zero-order valence-corrected chi connectivity index (χ0v) is 12.0. The average molecular weight is 311 g/mol. The van der Waals surface area contributed by atoms with Gasteiger partial charge in [-0.2, -0.15) is 0 Å². The second-order valence-electron chi connectivity index (χ2n) is 5.62. The molecule has 2 aliphatic heterocycles. The van der Waals surface area contributed by atoms with Gasteiger partial charge in [0.2, 0.25) is 0 Å². The molecule has 2 aliphatic rings. The maximum Gasteiger partial charge on any atom is 0.288 e. The lowest BCUT2D eigenvalue weighted by atomic mass is 9.97. The summed E-state index contributed by atoms with van der Waals surface area (Å²) in [6.07, 6.45) is 4.43. The van der Waals surface area contributed by atoms with Gasteiger partial charge in [-0.1, -0.05) is 11.6 Å². The molecule has 3 rings (SSSR count). The van der Waals surface area contributed by atoms with Crippen LogP contribution in [0.4, 0.5) is 5.69 Å². The van der Waals surface area contributed by atoms with Crippen molar-refractivity contribution in [2.24, 2.45) is 5.73 Å². The van der Waals surface area contributed by atoms with Crippen molar-refractivity contribution in [2.45, 2.75) is 43.8 Å². The number of aromatic nitrogens is 1. The third-order valence-corrected chi connectivity index (χ3v) is 4.57. The van der Waals surface area contributed by atoms with E-state index in [-0.39, 0.29) is 40.4 Å². The molecule has 2 fully saturated rings. The molecule has 0 spiro atoms. The molecule has 1 aromatic heterocycles. The van der Waals surface area contributed by atoms with Gasteiger partial charge in [-0.15, -0.1) is 0 Å². The van der Waals surface area contributed by atoms with E-state index in [2.05, 4.69) is 4.98 Å². The van der Waals surface area contributed by atoms with E-state index in [1.54, 1.807) is 4.90 Å². The summed E-state index contributed by atoms with van der Waals surface area (Å²) in [6, 6.07) is 1.51. The Labute approximate surface area is 126 Å². The predicted octanol–water partition coefficient (Wildman–Crippen LogP) is 1.74. The summed E-state index contributed by atoms with van der Waals surface area (Å²) in [5, 5.41) is 10.8. The highest BCUT2D eigenvalue weighted by molar-refractivity contribution is 6.32. The molecular weight excluding hydrogens is 296 g/mol. The highest BCUT2D eigenvalue weighted by Crippen LogP contribution is 2.37. The Morgan fingerprint density at radius 2 is 2.05 bits per heavy atom. The van der Waals surface area contributed by atoms with E-state index in [0.29, 0.717) is 0 Å². The molecule has 1 aromatic rings. The van der Waals surface area contributed by atoms with Crippen LogP contribution in [0.5, 0.6) is 0 Å². The maximum atomic E-state index is 12.7. The van der Waals surface area contributed by atoms with Crippen molar-refractivity contribution in [3.8, 4) is 0 Å². The fourth-order valence-electron chi connectivity index (χ4n) is 3.38. The van der Waals surface area contributed by atoms with Crippen molar-refractivity contribution in [2.75, 3.05) is 0 Å². The van der Waals surface area contributed by atoms with Crippen molar-refractivity contribution >= 4 is 23.2 Å². The molecule has 2 unspecified atom stereocenters. The highest BCUT2D eigenvalue weighted by atomic mass is 35.5. The number of hydrogen-bond donors (Lipinski definition) is 1. The molecule has 0 radical (unpaired) electrons. The van der Waals surface area contributed by atoms with Crippen molar-refractivity contribution < 1.29 is 9.72 Å². The minimum Gasteiger partial charge on any atom is -0.332 e. The Morgan fingerprint density at radius 1 is 1.43 bits per heavy atom. The van der Waals surface area contributed by atoms with Crippen LogP contribution in [0.15, 0.2) is 12.3 Å². The summed E-state index contributed by atoms with van der Waals surface area (Å²) >= 11 is 5.95. The zero-order valence-electron chi connectivity index (χ0n) is 11.2. The van der Waals surface area contributed by atoms with Crippen LogP contribution in [0.1, 0.15) is 36.0 Å². The summed E-state index contributed by atoms with van der Waals surface area (Å²) in [6.45, 7) is 0. The number of rotatable bonds is 2. The van der Waals surface area contributed by atoms with Gasteiger partial charge >= 0.3 is 0 Å². The van der Waals surface area contributed by atoms with Crippen LogP contribution in [-0.2, 0) is 0 Å². The lowest BCUT2D eigenvalue weighted by Gasteiger charge is -2.37. The molecule has 112 valence electrons. The normalized spacial score (nSPS) is 27.7. The lowest BCUT2D eigenvalue weighted by molar-refractivity contribution is -0.385. The molecule has 1 amide bonds. The number of halogens is 1. The first-order chi connectivity index (χ1) is 9.97. The molecule has 0 aliphatic carbocycles. The van der Waals surface area contributed by atoms with Gasteiger partial charge in [-0.3, -0.25) is 14.9 Å². The minimum absolute atomic E-state index is 0.000119. The highest BCUT2D eigenvalue weighted by Gasteiger charge is 2.43. The quantitative estimate of drug-likeness (QED) is 0.509. The summed E-state index contributed by atoms with van der Waals surface area (Å²) in [4.78, 5) is 28.5. The second-order valence-corrected chi connectivity index (χ2v) is 5.98. The number of piperidine rings is 1. The summed E-state index contributed by atoms with van der Waals surface area (Å²) < 4.78 is 0. The van der Waals surface area contributed by atoms with Gasteiger partial charge in [0, 0.05) is 24.2 Å². The summed E-state index contributed by atoms with van der Waals surface area (Å²) in [7, 11) is 0. The fraction of sp³-hybridized carbons (Fsp3) is 0.538. The monoisotopic (exact) mass is 310 g/mol. The molecule has 3 heterocycles.